The first-order valence-electron chi connectivity index (χ1n) is 6.23. The number of nitrogens with two attached hydrogens (primary N) is 1. The van der Waals surface area contributed by atoms with Crippen molar-refractivity contribution in [1.82, 2.24) is 14.4 Å². The van der Waals surface area contributed by atoms with Crippen molar-refractivity contribution < 1.29 is 4.42 Å². The number of furan rings is 1. The van der Waals surface area contributed by atoms with Crippen LogP contribution in [-0.2, 0) is 6.54 Å². The van der Waals surface area contributed by atoms with Gasteiger partial charge in [0.2, 0.25) is 0 Å². The van der Waals surface area contributed by atoms with Gasteiger partial charge in [-0.1, -0.05) is 0 Å². The Labute approximate surface area is 116 Å². The summed E-state index contributed by atoms with van der Waals surface area (Å²) in [5, 5.41) is 0. The number of nitrogens with one attached hydrogen (secondary N) is 1. The molecule has 7 nitrogen and oxygen atoms in total. The van der Waals surface area contributed by atoms with E-state index in [4.69, 9.17) is 10.3 Å². The fourth-order valence-corrected chi connectivity index (χ4v) is 2.15. The van der Waals surface area contributed by atoms with Gasteiger partial charge in [0.1, 0.15) is 5.76 Å². The van der Waals surface area contributed by atoms with Crippen LogP contribution in [0.2, 0.25) is 0 Å². The molecule has 0 fully saturated rings. The molecule has 0 spiro atoms. The molecule has 3 aromatic rings. The second-order valence-corrected chi connectivity index (χ2v) is 4.61. The Hall–Kier alpha value is -2.54. The van der Waals surface area contributed by atoms with Crippen molar-refractivity contribution >= 4 is 17.3 Å². The topological polar surface area (TPSA) is 84.6 Å². The molecule has 0 atom stereocenters. The number of rotatable bonds is 4. The highest BCUT2D eigenvalue weighted by Crippen LogP contribution is 2.22. The van der Waals surface area contributed by atoms with Crippen molar-refractivity contribution in [3.8, 4) is 0 Å². The van der Waals surface area contributed by atoms with E-state index in [1.807, 2.05) is 35.5 Å². The zero-order chi connectivity index (χ0) is 14.1. The Kier molecular flexibility index (Phi) is 3.03. The molecule has 0 saturated carbocycles. The third-order valence-electron chi connectivity index (χ3n) is 3.24. The molecule has 0 radical (unpaired) electrons. The van der Waals surface area contributed by atoms with E-state index in [0.717, 1.165) is 22.8 Å². The zero-order valence-corrected chi connectivity index (χ0v) is 11.4. The summed E-state index contributed by atoms with van der Waals surface area (Å²) in [7, 11) is 1.96. The molecule has 0 unspecified atom stereocenters. The van der Waals surface area contributed by atoms with Crippen LogP contribution in [0, 0.1) is 6.92 Å². The van der Waals surface area contributed by atoms with Gasteiger partial charge in [0.15, 0.2) is 17.3 Å². The van der Waals surface area contributed by atoms with Crippen LogP contribution in [0.25, 0.3) is 5.65 Å². The molecule has 0 aromatic carbocycles. The molecule has 0 aliphatic carbocycles. The smallest absolute Gasteiger partial charge is 0.180 e. The van der Waals surface area contributed by atoms with Crippen molar-refractivity contribution in [2.75, 3.05) is 17.4 Å². The minimum atomic E-state index is 0.585. The highest BCUT2D eigenvalue weighted by atomic mass is 16.3. The van der Waals surface area contributed by atoms with Gasteiger partial charge in [-0.25, -0.2) is 15.8 Å². The van der Waals surface area contributed by atoms with Crippen molar-refractivity contribution in [1.29, 1.82) is 0 Å². The van der Waals surface area contributed by atoms with Gasteiger partial charge in [-0.2, -0.15) is 0 Å². The third-order valence-corrected chi connectivity index (χ3v) is 3.24. The fourth-order valence-electron chi connectivity index (χ4n) is 2.15. The average Bonchev–Trinajstić information content (AvgIpc) is 3.06. The lowest BCUT2D eigenvalue weighted by Gasteiger charge is -2.19. The molecule has 0 bridgehead atoms. The Bertz CT molecular complexity index is 731. The van der Waals surface area contributed by atoms with E-state index in [-0.39, 0.29) is 0 Å². The second-order valence-electron chi connectivity index (χ2n) is 4.61. The molecule has 0 aliphatic rings. The number of anilines is 2. The van der Waals surface area contributed by atoms with Crippen LogP contribution in [0.4, 0.5) is 11.6 Å². The maximum atomic E-state index is 5.46. The molecule has 20 heavy (non-hydrogen) atoms. The predicted molar refractivity (Wildman–Crippen MR) is 76.3 cm³/mol. The number of aromatic nitrogens is 3. The number of nitrogens with zero attached hydrogens (tertiary/aromatic N) is 4. The van der Waals surface area contributed by atoms with Crippen LogP contribution in [-0.4, -0.2) is 21.4 Å². The highest BCUT2D eigenvalue weighted by molar-refractivity contribution is 5.66. The fraction of sp³-hybridized carbons (Fsp3) is 0.231. The number of hydrogen-bond acceptors (Lipinski definition) is 6. The lowest BCUT2D eigenvalue weighted by atomic mass is 10.2. The molecular weight excluding hydrogens is 256 g/mol. The maximum Gasteiger partial charge on any atom is 0.180 e. The summed E-state index contributed by atoms with van der Waals surface area (Å²) in [6, 6.07) is 1.96. The van der Waals surface area contributed by atoms with Crippen molar-refractivity contribution in [2.45, 2.75) is 13.5 Å². The summed E-state index contributed by atoms with van der Waals surface area (Å²) >= 11 is 0. The number of aryl methyl sites for hydroxylation is 1. The SMILES string of the molecule is Cc1occc1CN(C)c1nc(NN)cn2ccnc12. The van der Waals surface area contributed by atoms with Crippen LogP contribution >= 0.6 is 0 Å². The van der Waals surface area contributed by atoms with E-state index in [1.54, 1.807) is 18.7 Å². The average molecular weight is 272 g/mol. The molecule has 0 amide bonds. The number of hydrazine groups is 1. The number of nitrogen functional groups attached to an aromatic ring is 1. The summed E-state index contributed by atoms with van der Waals surface area (Å²) in [4.78, 5) is 10.8. The molecule has 3 N–H and O–H groups in total. The molecule has 0 saturated heterocycles. The van der Waals surface area contributed by atoms with Crippen LogP contribution in [0.5, 0.6) is 0 Å². The van der Waals surface area contributed by atoms with E-state index in [2.05, 4.69) is 15.4 Å². The Balaban J connectivity index is 2.00. The van der Waals surface area contributed by atoms with Gasteiger partial charge < -0.3 is 19.1 Å². The van der Waals surface area contributed by atoms with Crippen molar-refractivity contribution in [3.05, 3.63) is 42.2 Å². The van der Waals surface area contributed by atoms with Crippen LogP contribution < -0.4 is 16.2 Å². The number of hydrogen-bond donors (Lipinski definition) is 2. The summed E-state index contributed by atoms with van der Waals surface area (Å²) in [5.74, 6) is 7.71. The van der Waals surface area contributed by atoms with E-state index in [9.17, 15) is 0 Å². The monoisotopic (exact) mass is 272 g/mol. The van der Waals surface area contributed by atoms with Gasteiger partial charge >= 0.3 is 0 Å². The minimum absolute atomic E-state index is 0.585. The Morgan fingerprint density at radius 2 is 2.35 bits per heavy atom. The minimum Gasteiger partial charge on any atom is -0.469 e. The molecule has 0 aliphatic heterocycles. The lowest BCUT2D eigenvalue weighted by molar-refractivity contribution is 0.529. The lowest BCUT2D eigenvalue weighted by Crippen LogP contribution is -2.20. The van der Waals surface area contributed by atoms with Crippen molar-refractivity contribution in [3.63, 3.8) is 0 Å². The first-order valence-corrected chi connectivity index (χ1v) is 6.23. The predicted octanol–water partition coefficient (Wildman–Crippen LogP) is 1.55. The summed E-state index contributed by atoms with van der Waals surface area (Å²) in [6.45, 7) is 2.63. The van der Waals surface area contributed by atoms with E-state index in [1.165, 1.54) is 0 Å². The molecule has 3 heterocycles. The summed E-state index contributed by atoms with van der Waals surface area (Å²) in [5.41, 5.74) is 4.47. The zero-order valence-electron chi connectivity index (χ0n) is 11.4. The Morgan fingerprint density at radius 3 is 3.05 bits per heavy atom. The van der Waals surface area contributed by atoms with Gasteiger partial charge in [0.05, 0.1) is 12.5 Å². The second kappa shape index (κ2) is 4.86. The molecule has 3 rings (SSSR count). The summed E-state index contributed by atoms with van der Waals surface area (Å²) < 4.78 is 7.20. The maximum absolute atomic E-state index is 5.46. The molecular formula is C13H16N6O. The van der Waals surface area contributed by atoms with Gasteiger partial charge in [-0.05, 0) is 13.0 Å². The molecule has 7 heteroatoms. The highest BCUT2D eigenvalue weighted by Gasteiger charge is 2.13. The standard InChI is InChI=1S/C13H16N6O/c1-9-10(3-6-20-9)7-18(2)13-12-15-4-5-19(12)8-11(16-13)17-14/h3-6,8,17H,7,14H2,1-2H3. The quantitative estimate of drug-likeness (QED) is 0.554. The van der Waals surface area contributed by atoms with Crippen LogP contribution in [0.3, 0.4) is 0 Å². The third kappa shape index (κ3) is 2.08. The van der Waals surface area contributed by atoms with Gasteiger partial charge in [-0.15, -0.1) is 0 Å². The van der Waals surface area contributed by atoms with Gasteiger partial charge in [0.25, 0.3) is 0 Å². The number of fused-ring (bicyclic) bond motifs is 1. The Morgan fingerprint density at radius 1 is 1.50 bits per heavy atom. The van der Waals surface area contributed by atoms with Gasteiger partial charge in [-0.3, -0.25) is 0 Å². The number of imidazole rings is 1. The van der Waals surface area contributed by atoms with E-state index in [0.29, 0.717) is 12.4 Å². The molecule has 3 aromatic heterocycles. The van der Waals surface area contributed by atoms with E-state index >= 15 is 0 Å². The van der Waals surface area contributed by atoms with E-state index < -0.39 is 0 Å². The van der Waals surface area contributed by atoms with Crippen molar-refractivity contribution in [2.24, 2.45) is 5.84 Å². The normalized spacial score (nSPS) is 10.9. The molecule has 104 valence electrons. The first kappa shape index (κ1) is 12.5. The largest absolute Gasteiger partial charge is 0.469 e. The summed E-state index contributed by atoms with van der Waals surface area (Å²) in [6.07, 6.45) is 7.08. The van der Waals surface area contributed by atoms with Gasteiger partial charge in [0, 0.05) is 31.5 Å². The first-order chi connectivity index (χ1) is 9.69. The van der Waals surface area contributed by atoms with Crippen LogP contribution in [0.15, 0.2) is 35.3 Å². The van der Waals surface area contributed by atoms with Crippen LogP contribution in [0.1, 0.15) is 11.3 Å².